The Bertz CT molecular complexity index is 847. The maximum atomic E-state index is 13.1. The van der Waals surface area contributed by atoms with Crippen LogP contribution in [0.2, 0.25) is 0 Å². The highest BCUT2D eigenvalue weighted by Crippen LogP contribution is 2.45. The number of carboxylic acid groups (broad SMARTS) is 1. The number of para-hydroxylation sites is 1. The predicted molar refractivity (Wildman–Crippen MR) is 125 cm³/mol. The van der Waals surface area contributed by atoms with Gasteiger partial charge in [-0.2, -0.15) is 0 Å². The fourth-order valence-corrected chi connectivity index (χ4v) is 5.59. The van der Waals surface area contributed by atoms with Gasteiger partial charge in [0.2, 0.25) is 5.91 Å². The Kier molecular flexibility index (Phi) is 9.13. The first-order valence-electron chi connectivity index (χ1n) is 11.4. The maximum absolute atomic E-state index is 13.1. The van der Waals surface area contributed by atoms with Crippen molar-refractivity contribution in [1.82, 2.24) is 5.32 Å². The number of nitrogens with two attached hydrogens (primary N) is 1. The molecule has 0 unspecified atom stereocenters. The Hall–Kier alpha value is -2.14. The zero-order valence-corrected chi connectivity index (χ0v) is 19.8. The summed E-state index contributed by atoms with van der Waals surface area (Å²) in [5, 5.41) is 12.7. The molecular weight excluding hydrogens is 446 g/mol. The van der Waals surface area contributed by atoms with E-state index in [1.54, 1.807) is 31.2 Å². The summed E-state index contributed by atoms with van der Waals surface area (Å²) in [5.74, 6) is -2.41. The van der Waals surface area contributed by atoms with Gasteiger partial charge in [-0.05, 0) is 57.3 Å². The van der Waals surface area contributed by atoms with E-state index < -0.39 is 35.2 Å². The van der Waals surface area contributed by atoms with Gasteiger partial charge in [0.25, 0.3) is 0 Å². The Morgan fingerprint density at radius 2 is 2.06 bits per heavy atom. The molecule has 0 bridgehead atoms. The first kappa shape index (κ1) is 25.5. The molecule has 2 aliphatic heterocycles. The summed E-state index contributed by atoms with van der Waals surface area (Å²) in [6.45, 7) is 3.95. The number of carbonyl (C=O) groups excluding carboxylic acids is 2. The smallest absolute Gasteiger partial charge is 0.323 e. The minimum absolute atomic E-state index is 0.0294. The summed E-state index contributed by atoms with van der Waals surface area (Å²) in [4.78, 5) is 37.9. The third-order valence-electron chi connectivity index (χ3n) is 6.05. The summed E-state index contributed by atoms with van der Waals surface area (Å²) >= 11 is 1.20. The van der Waals surface area contributed by atoms with Crippen molar-refractivity contribution in [1.29, 1.82) is 0 Å². The third kappa shape index (κ3) is 6.69. The molecule has 1 saturated heterocycles. The Balaban J connectivity index is 1.78. The number of hydrogen-bond acceptors (Lipinski definition) is 8. The molecule has 2 heterocycles. The molecule has 1 fully saturated rings. The zero-order valence-electron chi connectivity index (χ0n) is 19.0. The number of carbonyl (C=O) groups is 3. The zero-order chi connectivity index (χ0) is 23.8. The van der Waals surface area contributed by atoms with Crippen LogP contribution >= 0.6 is 11.8 Å². The summed E-state index contributed by atoms with van der Waals surface area (Å²) < 4.78 is 11.2. The van der Waals surface area contributed by atoms with Gasteiger partial charge >= 0.3 is 11.9 Å². The number of thioether (sulfide) groups is 1. The number of hydrogen-bond donors (Lipinski definition) is 3. The van der Waals surface area contributed by atoms with Crippen molar-refractivity contribution in [3.63, 3.8) is 0 Å². The van der Waals surface area contributed by atoms with E-state index in [1.165, 1.54) is 16.7 Å². The Labute approximate surface area is 198 Å². The molecule has 4 N–H and O–H groups in total. The lowest BCUT2D eigenvalue weighted by atomic mass is 9.95. The van der Waals surface area contributed by atoms with Crippen molar-refractivity contribution in [2.45, 2.75) is 42.4 Å². The highest BCUT2D eigenvalue weighted by molar-refractivity contribution is 8.00. The molecule has 0 aromatic heterocycles. The van der Waals surface area contributed by atoms with Gasteiger partial charge in [-0.1, -0.05) is 12.1 Å². The average Bonchev–Trinajstić information content (AvgIpc) is 2.88. The Morgan fingerprint density at radius 3 is 2.76 bits per heavy atom. The van der Waals surface area contributed by atoms with Crippen molar-refractivity contribution in [2.75, 3.05) is 44.4 Å². The molecule has 3 rings (SSSR count). The highest BCUT2D eigenvalue weighted by Gasteiger charge is 2.47. The van der Waals surface area contributed by atoms with Gasteiger partial charge in [0.05, 0.1) is 30.2 Å². The van der Waals surface area contributed by atoms with E-state index in [0.717, 1.165) is 32.4 Å². The number of ether oxygens (including phenoxy) is 2. The second-order valence-corrected chi connectivity index (χ2v) is 9.84. The van der Waals surface area contributed by atoms with E-state index in [2.05, 4.69) is 5.32 Å². The number of piperidine rings is 1. The number of fused-ring (bicyclic) bond motifs is 1. The second kappa shape index (κ2) is 11.8. The van der Waals surface area contributed by atoms with Gasteiger partial charge in [-0.3, -0.25) is 19.3 Å². The van der Waals surface area contributed by atoms with Crippen LogP contribution in [0.4, 0.5) is 5.69 Å². The van der Waals surface area contributed by atoms with Gasteiger partial charge in [0.15, 0.2) is 0 Å². The lowest BCUT2D eigenvalue weighted by Crippen LogP contribution is -2.52. The second-order valence-electron chi connectivity index (χ2n) is 8.44. The molecule has 0 saturated carbocycles. The predicted octanol–water partition coefficient (Wildman–Crippen LogP) is 1.84. The van der Waals surface area contributed by atoms with Crippen molar-refractivity contribution in [3.05, 3.63) is 24.3 Å². The summed E-state index contributed by atoms with van der Waals surface area (Å²) in [6, 6.07) is 6.98. The number of nitrogens with one attached hydrogen (secondary N) is 1. The van der Waals surface area contributed by atoms with Crippen LogP contribution < -0.4 is 16.0 Å². The molecule has 2 atom stereocenters. The normalized spacial score (nSPS) is 22.4. The number of carboxylic acids is 1. The van der Waals surface area contributed by atoms with Gasteiger partial charge < -0.3 is 25.6 Å². The van der Waals surface area contributed by atoms with Crippen molar-refractivity contribution in [2.24, 2.45) is 17.6 Å². The number of anilines is 1. The number of aliphatic carboxylic acids is 1. The highest BCUT2D eigenvalue weighted by atomic mass is 32.2. The lowest BCUT2D eigenvalue weighted by molar-refractivity contribution is -0.152. The summed E-state index contributed by atoms with van der Waals surface area (Å²) in [5.41, 5.74) is 7.21. The molecule has 10 heteroatoms. The van der Waals surface area contributed by atoms with E-state index in [1.807, 2.05) is 0 Å². The van der Waals surface area contributed by atoms with Crippen molar-refractivity contribution < 1.29 is 29.0 Å². The van der Waals surface area contributed by atoms with Crippen LogP contribution in [-0.4, -0.2) is 67.3 Å². The SMILES string of the molecule is CCOC(=O)[C@H](COCCC1CCNCC1)[C@@]1(N)CC(=O)N(CC(=O)O)c2ccccc2S1. The minimum atomic E-state index is -1.35. The van der Waals surface area contributed by atoms with E-state index in [-0.39, 0.29) is 19.6 Å². The molecule has 2 aliphatic rings. The standard InChI is InChI=1S/C23H33N3O6S/c1-2-32-22(30)17(15-31-12-9-16-7-10-25-11-8-16)23(24)13-20(27)26(14-21(28)29)18-5-3-4-6-19(18)33-23/h3-6,16-17,25H,2,7-15,24H2,1H3,(H,28,29)/t17-,23+/m0/s1. The molecule has 182 valence electrons. The molecule has 0 aliphatic carbocycles. The fraction of sp³-hybridized carbons (Fsp3) is 0.609. The van der Waals surface area contributed by atoms with E-state index in [4.69, 9.17) is 15.2 Å². The average molecular weight is 480 g/mol. The molecule has 33 heavy (non-hydrogen) atoms. The number of rotatable bonds is 10. The molecule has 9 nitrogen and oxygen atoms in total. The number of nitrogens with zero attached hydrogens (tertiary/aromatic N) is 1. The summed E-state index contributed by atoms with van der Waals surface area (Å²) in [6.07, 6.45) is 2.88. The number of esters is 1. The molecule has 0 spiro atoms. The van der Waals surface area contributed by atoms with Crippen LogP contribution in [0.3, 0.4) is 0 Å². The number of benzene rings is 1. The van der Waals surface area contributed by atoms with Gasteiger partial charge in [0.1, 0.15) is 12.5 Å². The molecule has 1 aromatic carbocycles. The van der Waals surface area contributed by atoms with E-state index in [0.29, 0.717) is 23.1 Å². The monoisotopic (exact) mass is 479 g/mol. The van der Waals surface area contributed by atoms with Gasteiger partial charge in [0, 0.05) is 11.5 Å². The third-order valence-corrected chi connectivity index (χ3v) is 7.43. The molecule has 0 radical (unpaired) electrons. The molecular formula is C23H33N3O6S. The topological polar surface area (TPSA) is 131 Å². The van der Waals surface area contributed by atoms with E-state index >= 15 is 0 Å². The van der Waals surface area contributed by atoms with Gasteiger partial charge in [-0.15, -0.1) is 11.8 Å². The lowest BCUT2D eigenvalue weighted by Gasteiger charge is -2.34. The first-order valence-corrected chi connectivity index (χ1v) is 12.2. The molecule has 1 amide bonds. The van der Waals surface area contributed by atoms with Gasteiger partial charge in [-0.25, -0.2) is 0 Å². The van der Waals surface area contributed by atoms with Crippen LogP contribution in [0, 0.1) is 11.8 Å². The summed E-state index contributed by atoms with van der Waals surface area (Å²) in [7, 11) is 0. The first-order chi connectivity index (χ1) is 15.8. The minimum Gasteiger partial charge on any atom is -0.480 e. The number of amides is 1. The van der Waals surface area contributed by atoms with Crippen LogP contribution in [0.25, 0.3) is 0 Å². The van der Waals surface area contributed by atoms with E-state index in [9.17, 15) is 19.5 Å². The fourth-order valence-electron chi connectivity index (χ4n) is 4.25. The largest absolute Gasteiger partial charge is 0.480 e. The van der Waals surface area contributed by atoms with Crippen LogP contribution in [0.15, 0.2) is 29.2 Å². The van der Waals surface area contributed by atoms with Crippen LogP contribution in [0.5, 0.6) is 0 Å². The van der Waals surface area contributed by atoms with Crippen molar-refractivity contribution >= 4 is 35.3 Å². The van der Waals surface area contributed by atoms with Crippen LogP contribution in [-0.2, 0) is 23.9 Å². The quantitative estimate of drug-likeness (QED) is 0.340. The molecule has 1 aromatic rings. The Morgan fingerprint density at radius 1 is 1.33 bits per heavy atom. The van der Waals surface area contributed by atoms with Crippen LogP contribution in [0.1, 0.15) is 32.6 Å². The maximum Gasteiger partial charge on any atom is 0.323 e. The van der Waals surface area contributed by atoms with Crippen molar-refractivity contribution in [3.8, 4) is 0 Å².